The van der Waals surface area contributed by atoms with Crippen LogP contribution in [0, 0.1) is 0 Å². The maximum Gasteiger partial charge on any atom is 0.306 e. The second-order valence-corrected chi connectivity index (χ2v) is 19.4. The molecule has 6 N–H and O–H groups in total. The average Bonchev–Trinajstić information content (AvgIpc) is 3.37. The SMILES string of the molecule is CC\C=C/C=C/C=C/C=C\C=C\C=C\CCCCCC(=O)OC1C(OCC(NC(=O)C(O)CCCCCCCCCCCCCC)C(O)/C=C/CCCCCCCCCCCCC)OC(CO)C(O)C1O. The first kappa shape index (κ1) is 65.9. The zero-order chi connectivity index (χ0) is 51.8. The Morgan fingerprint density at radius 3 is 1.52 bits per heavy atom. The highest BCUT2D eigenvalue weighted by Gasteiger charge is 2.47. The van der Waals surface area contributed by atoms with Crippen LogP contribution < -0.4 is 5.32 Å². The van der Waals surface area contributed by atoms with Gasteiger partial charge in [-0.05, 0) is 44.9 Å². The molecule has 0 radical (unpaired) electrons. The fraction of sp³-hybridized carbons (Fsp3) is 0.733. The number of carbonyl (C=O) groups excluding carboxylic acids is 2. The Labute approximate surface area is 432 Å². The van der Waals surface area contributed by atoms with Crippen molar-refractivity contribution in [3.63, 3.8) is 0 Å². The van der Waals surface area contributed by atoms with Crippen LogP contribution in [0.25, 0.3) is 0 Å². The van der Waals surface area contributed by atoms with E-state index in [1.807, 2.05) is 66.8 Å². The summed E-state index contributed by atoms with van der Waals surface area (Å²) in [6.07, 6.45) is 50.5. The molecule has 1 rings (SSSR count). The minimum absolute atomic E-state index is 0.0693. The maximum atomic E-state index is 13.4. The largest absolute Gasteiger partial charge is 0.454 e. The van der Waals surface area contributed by atoms with E-state index in [9.17, 15) is 35.1 Å². The number of ether oxygens (including phenoxy) is 3. The molecule has 11 heteroatoms. The first-order valence-corrected chi connectivity index (χ1v) is 28.4. The van der Waals surface area contributed by atoms with Gasteiger partial charge in [-0.25, -0.2) is 0 Å². The van der Waals surface area contributed by atoms with E-state index in [-0.39, 0.29) is 19.4 Å². The summed E-state index contributed by atoms with van der Waals surface area (Å²) >= 11 is 0. The fourth-order valence-corrected chi connectivity index (χ4v) is 8.45. The predicted molar refractivity (Wildman–Crippen MR) is 292 cm³/mol. The van der Waals surface area contributed by atoms with Gasteiger partial charge in [0.25, 0.3) is 0 Å². The lowest BCUT2D eigenvalue weighted by Crippen LogP contribution is -2.61. The summed E-state index contributed by atoms with van der Waals surface area (Å²) in [6, 6.07) is -1.03. The Kier molecular flexibility index (Phi) is 44.4. The van der Waals surface area contributed by atoms with Crippen molar-refractivity contribution in [1.82, 2.24) is 5.32 Å². The van der Waals surface area contributed by atoms with Crippen molar-refractivity contribution in [2.75, 3.05) is 13.2 Å². The van der Waals surface area contributed by atoms with Gasteiger partial charge in [-0.1, -0.05) is 254 Å². The van der Waals surface area contributed by atoms with E-state index < -0.39 is 67.4 Å². The van der Waals surface area contributed by atoms with Crippen molar-refractivity contribution in [1.29, 1.82) is 0 Å². The van der Waals surface area contributed by atoms with Gasteiger partial charge in [0.2, 0.25) is 5.91 Å². The number of esters is 1. The van der Waals surface area contributed by atoms with Crippen molar-refractivity contribution >= 4 is 11.9 Å². The van der Waals surface area contributed by atoms with Crippen LogP contribution in [0.2, 0.25) is 0 Å². The molecule has 1 saturated heterocycles. The standard InChI is InChI=1S/C60H103NO10/c1-4-7-10-13-16-19-22-25-26-27-28-30-33-36-39-42-45-48-55(65)71-58-57(67)56(66)54(49-62)70-60(58)69-50-51(52(63)46-43-40-37-34-32-29-23-20-17-14-11-8-5-2)61-59(68)53(64)47-44-41-38-35-31-24-21-18-15-12-9-6-3/h7,10,13,16,19,22,25-28,30,33,43,46,51-54,56-58,60,62-64,66-67H,4-6,8-9,11-12,14-15,17-18,20-21,23-24,29,31-32,34-42,44-45,47-50H2,1-3H3,(H,61,68)/b10-7-,16-13+,22-19+,26-25-,28-27+,33-30+,46-43+. The minimum atomic E-state index is -1.63. The third-order valence-corrected chi connectivity index (χ3v) is 13.0. The van der Waals surface area contributed by atoms with Crippen molar-refractivity contribution in [2.24, 2.45) is 0 Å². The second kappa shape index (κ2) is 47.8. The van der Waals surface area contributed by atoms with E-state index in [4.69, 9.17) is 14.2 Å². The zero-order valence-electron chi connectivity index (χ0n) is 44.8. The van der Waals surface area contributed by atoms with Crippen molar-refractivity contribution in [3.05, 3.63) is 85.1 Å². The number of carbonyl (C=O) groups is 2. The van der Waals surface area contributed by atoms with Crippen molar-refractivity contribution in [2.45, 2.75) is 269 Å². The maximum absolute atomic E-state index is 13.4. The highest BCUT2D eigenvalue weighted by molar-refractivity contribution is 5.80. The number of hydrogen-bond acceptors (Lipinski definition) is 10. The Morgan fingerprint density at radius 1 is 0.563 bits per heavy atom. The first-order valence-electron chi connectivity index (χ1n) is 28.4. The molecular formula is C60H103NO10. The molecule has 8 atom stereocenters. The van der Waals surface area contributed by atoms with Gasteiger partial charge < -0.3 is 45.1 Å². The van der Waals surface area contributed by atoms with Crippen LogP contribution in [-0.2, 0) is 23.8 Å². The first-order chi connectivity index (χ1) is 34.7. The lowest BCUT2D eigenvalue weighted by molar-refractivity contribution is -0.305. The van der Waals surface area contributed by atoms with Gasteiger partial charge >= 0.3 is 5.97 Å². The molecule has 0 aromatic rings. The fourth-order valence-electron chi connectivity index (χ4n) is 8.45. The molecule has 0 bridgehead atoms. The molecule has 0 aromatic carbocycles. The summed E-state index contributed by atoms with van der Waals surface area (Å²) in [5, 5.41) is 56.8. The quantitative estimate of drug-likeness (QED) is 0.0149. The van der Waals surface area contributed by atoms with Gasteiger partial charge in [-0.2, -0.15) is 0 Å². The minimum Gasteiger partial charge on any atom is -0.454 e. The smallest absolute Gasteiger partial charge is 0.306 e. The van der Waals surface area contributed by atoms with E-state index in [0.29, 0.717) is 12.8 Å². The number of unbranched alkanes of at least 4 members (excludes halogenated alkanes) is 25. The molecule has 1 aliphatic heterocycles. The number of rotatable bonds is 46. The topological polar surface area (TPSA) is 175 Å². The summed E-state index contributed by atoms with van der Waals surface area (Å²) in [5.74, 6) is -1.24. The molecule has 1 aliphatic rings. The normalized spacial score (nSPS) is 20.3. The van der Waals surface area contributed by atoms with Crippen LogP contribution >= 0.6 is 0 Å². The Hall–Kier alpha value is -3.16. The molecule has 1 heterocycles. The molecule has 1 amide bonds. The lowest BCUT2D eigenvalue weighted by Gasteiger charge is -2.41. The van der Waals surface area contributed by atoms with Crippen LogP contribution in [0.3, 0.4) is 0 Å². The van der Waals surface area contributed by atoms with Gasteiger partial charge in [0.15, 0.2) is 12.4 Å². The van der Waals surface area contributed by atoms with Crippen LogP contribution in [-0.4, -0.2) is 99.6 Å². The molecule has 1 fully saturated rings. The van der Waals surface area contributed by atoms with Gasteiger partial charge in [0.05, 0.1) is 25.4 Å². The van der Waals surface area contributed by atoms with E-state index in [0.717, 1.165) is 64.2 Å². The molecule has 0 spiro atoms. The van der Waals surface area contributed by atoms with Crippen LogP contribution in [0.4, 0.5) is 0 Å². The number of allylic oxidation sites excluding steroid dienone is 13. The summed E-state index contributed by atoms with van der Waals surface area (Å²) in [6.45, 7) is 5.60. The third kappa shape index (κ3) is 36.4. The molecular weight excluding hydrogens is 895 g/mol. The number of aliphatic hydroxyl groups is 5. The highest BCUT2D eigenvalue weighted by Crippen LogP contribution is 2.26. The van der Waals surface area contributed by atoms with Crippen LogP contribution in [0.1, 0.15) is 220 Å². The monoisotopic (exact) mass is 998 g/mol. The Balaban J connectivity index is 2.78. The lowest BCUT2D eigenvalue weighted by atomic mass is 9.99. The third-order valence-electron chi connectivity index (χ3n) is 13.0. The van der Waals surface area contributed by atoms with E-state index in [1.54, 1.807) is 6.08 Å². The Morgan fingerprint density at radius 2 is 1.01 bits per heavy atom. The summed E-state index contributed by atoms with van der Waals surface area (Å²) < 4.78 is 17.5. The van der Waals surface area contributed by atoms with Crippen LogP contribution in [0.5, 0.6) is 0 Å². The van der Waals surface area contributed by atoms with Gasteiger partial charge in [0.1, 0.15) is 24.4 Å². The summed E-state index contributed by atoms with van der Waals surface area (Å²) in [5.41, 5.74) is 0. The molecule has 0 saturated carbocycles. The molecule has 408 valence electrons. The number of nitrogens with one attached hydrogen (secondary N) is 1. The van der Waals surface area contributed by atoms with E-state index in [1.165, 1.54) is 109 Å². The number of amides is 1. The van der Waals surface area contributed by atoms with Gasteiger partial charge in [0, 0.05) is 6.42 Å². The molecule has 71 heavy (non-hydrogen) atoms. The zero-order valence-corrected chi connectivity index (χ0v) is 44.8. The number of aliphatic hydroxyl groups excluding tert-OH is 5. The van der Waals surface area contributed by atoms with Crippen LogP contribution in [0.15, 0.2) is 85.1 Å². The van der Waals surface area contributed by atoms with Crippen molar-refractivity contribution in [3.8, 4) is 0 Å². The van der Waals surface area contributed by atoms with Gasteiger partial charge in [-0.3, -0.25) is 9.59 Å². The van der Waals surface area contributed by atoms with E-state index in [2.05, 4.69) is 38.2 Å². The Bertz CT molecular complexity index is 1470. The molecule has 0 aromatic heterocycles. The predicted octanol–water partition coefficient (Wildman–Crippen LogP) is 12.6. The molecule has 0 aliphatic carbocycles. The molecule has 11 nitrogen and oxygen atoms in total. The van der Waals surface area contributed by atoms with E-state index >= 15 is 0 Å². The summed E-state index contributed by atoms with van der Waals surface area (Å²) in [7, 11) is 0. The number of hydrogen-bond donors (Lipinski definition) is 6. The second-order valence-electron chi connectivity index (χ2n) is 19.4. The van der Waals surface area contributed by atoms with Gasteiger partial charge in [-0.15, -0.1) is 0 Å². The average molecular weight is 998 g/mol. The molecule has 8 unspecified atom stereocenters. The van der Waals surface area contributed by atoms with Crippen molar-refractivity contribution < 1.29 is 49.3 Å². The summed E-state index contributed by atoms with van der Waals surface area (Å²) in [4.78, 5) is 26.4. The highest BCUT2D eigenvalue weighted by atomic mass is 16.7.